The van der Waals surface area contributed by atoms with Crippen molar-refractivity contribution in [2.75, 3.05) is 19.7 Å². The number of likely N-dealkylation sites (tertiary alicyclic amines) is 1. The quantitative estimate of drug-likeness (QED) is 0.837. The van der Waals surface area contributed by atoms with Gasteiger partial charge in [-0.2, -0.15) is 0 Å². The smallest absolute Gasteiger partial charge is 0.226 e. The van der Waals surface area contributed by atoms with E-state index in [2.05, 4.69) is 24.0 Å². The van der Waals surface area contributed by atoms with Gasteiger partial charge in [-0.15, -0.1) is 0 Å². The number of benzene rings is 1. The van der Waals surface area contributed by atoms with Crippen molar-refractivity contribution in [3.05, 3.63) is 59.4 Å². The van der Waals surface area contributed by atoms with Gasteiger partial charge in [0.1, 0.15) is 5.75 Å². The Morgan fingerprint density at radius 1 is 1.24 bits per heavy atom. The summed E-state index contributed by atoms with van der Waals surface area (Å²) >= 11 is 0. The van der Waals surface area contributed by atoms with Crippen molar-refractivity contribution in [1.29, 1.82) is 0 Å². The van der Waals surface area contributed by atoms with Crippen molar-refractivity contribution >= 4 is 5.91 Å². The van der Waals surface area contributed by atoms with Gasteiger partial charge in [-0.25, -0.2) is 0 Å². The molecule has 132 valence electrons. The molecule has 0 atom stereocenters. The SMILES string of the molecule is Cc1cccc(CC(=O)N2CCC(COc3ccncc3C)CC2)c1. The third-order valence-corrected chi connectivity index (χ3v) is 4.85. The number of hydrogen-bond donors (Lipinski definition) is 0. The zero-order chi connectivity index (χ0) is 17.6. The Bertz CT molecular complexity index is 721. The molecule has 1 fully saturated rings. The molecule has 0 spiro atoms. The Balaban J connectivity index is 1.45. The van der Waals surface area contributed by atoms with Crippen LogP contribution in [0.4, 0.5) is 0 Å². The lowest BCUT2D eigenvalue weighted by molar-refractivity contribution is -0.132. The Morgan fingerprint density at radius 2 is 2.04 bits per heavy atom. The second-order valence-electron chi connectivity index (χ2n) is 6.94. The van der Waals surface area contributed by atoms with E-state index in [0.717, 1.165) is 42.8 Å². The van der Waals surface area contributed by atoms with Gasteiger partial charge in [0.05, 0.1) is 13.0 Å². The molecule has 0 bridgehead atoms. The second-order valence-corrected chi connectivity index (χ2v) is 6.94. The van der Waals surface area contributed by atoms with Crippen molar-refractivity contribution < 1.29 is 9.53 Å². The maximum atomic E-state index is 12.5. The molecule has 2 heterocycles. The molecule has 0 aliphatic carbocycles. The summed E-state index contributed by atoms with van der Waals surface area (Å²) in [5, 5.41) is 0. The van der Waals surface area contributed by atoms with Gasteiger partial charge in [0.15, 0.2) is 0 Å². The first kappa shape index (κ1) is 17.5. The Kier molecular flexibility index (Phi) is 5.69. The van der Waals surface area contributed by atoms with Gasteiger partial charge in [-0.3, -0.25) is 9.78 Å². The van der Waals surface area contributed by atoms with Gasteiger partial charge in [-0.05, 0) is 44.2 Å². The molecular formula is C21H26N2O2. The van der Waals surface area contributed by atoms with Crippen LogP contribution in [0.5, 0.6) is 5.75 Å². The molecule has 1 amide bonds. The molecule has 1 aromatic heterocycles. The van der Waals surface area contributed by atoms with Crippen LogP contribution in [0, 0.1) is 19.8 Å². The maximum Gasteiger partial charge on any atom is 0.226 e. The summed E-state index contributed by atoms with van der Waals surface area (Å²) in [6.07, 6.45) is 6.09. The van der Waals surface area contributed by atoms with Gasteiger partial charge in [0.25, 0.3) is 0 Å². The van der Waals surface area contributed by atoms with Crippen LogP contribution in [0.1, 0.15) is 29.5 Å². The van der Waals surface area contributed by atoms with Crippen molar-refractivity contribution in [3.63, 3.8) is 0 Å². The first-order valence-corrected chi connectivity index (χ1v) is 8.98. The van der Waals surface area contributed by atoms with Crippen molar-refractivity contribution in [2.45, 2.75) is 33.1 Å². The molecule has 1 aromatic carbocycles. The molecule has 0 saturated carbocycles. The molecule has 1 aliphatic rings. The number of ether oxygens (including phenoxy) is 1. The van der Waals surface area contributed by atoms with Crippen LogP contribution in [-0.4, -0.2) is 35.5 Å². The van der Waals surface area contributed by atoms with E-state index >= 15 is 0 Å². The van der Waals surface area contributed by atoms with Gasteiger partial charge in [0.2, 0.25) is 5.91 Å². The average Bonchev–Trinajstić information content (AvgIpc) is 2.61. The highest BCUT2D eigenvalue weighted by molar-refractivity contribution is 5.78. The zero-order valence-electron chi connectivity index (χ0n) is 15.1. The fourth-order valence-electron chi connectivity index (χ4n) is 3.29. The number of hydrogen-bond acceptors (Lipinski definition) is 3. The maximum absolute atomic E-state index is 12.5. The minimum atomic E-state index is 0.231. The van der Waals surface area contributed by atoms with Crippen LogP contribution in [0.15, 0.2) is 42.7 Å². The number of piperidine rings is 1. The molecule has 0 unspecified atom stereocenters. The summed E-state index contributed by atoms with van der Waals surface area (Å²) in [6.45, 7) is 6.44. The standard InChI is InChI=1S/C21H26N2O2/c1-16-4-3-5-19(12-16)13-21(24)23-10-7-18(8-11-23)15-25-20-6-9-22-14-17(20)2/h3-6,9,12,14,18H,7-8,10-11,13,15H2,1-2H3. The third-order valence-electron chi connectivity index (χ3n) is 4.85. The molecule has 4 nitrogen and oxygen atoms in total. The number of carbonyl (C=O) groups is 1. The number of aromatic nitrogens is 1. The summed E-state index contributed by atoms with van der Waals surface area (Å²) in [6, 6.07) is 10.1. The summed E-state index contributed by atoms with van der Waals surface area (Å²) in [4.78, 5) is 18.6. The molecule has 2 aromatic rings. The Labute approximate surface area is 149 Å². The fourth-order valence-corrected chi connectivity index (χ4v) is 3.29. The monoisotopic (exact) mass is 338 g/mol. The highest BCUT2D eigenvalue weighted by Crippen LogP contribution is 2.21. The van der Waals surface area contributed by atoms with Crippen molar-refractivity contribution in [1.82, 2.24) is 9.88 Å². The van der Waals surface area contributed by atoms with Gasteiger partial charge in [-0.1, -0.05) is 29.8 Å². The van der Waals surface area contributed by atoms with E-state index < -0.39 is 0 Å². The van der Waals surface area contributed by atoms with Gasteiger partial charge in [0, 0.05) is 31.0 Å². The lowest BCUT2D eigenvalue weighted by atomic mass is 9.97. The van der Waals surface area contributed by atoms with Crippen LogP contribution >= 0.6 is 0 Å². The number of nitrogens with zero attached hydrogens (tertiary/aromatic N) is 2. The molecule has 3 rings (SSSR count). The van der Waals surface area contributed by atoms with E-state index in [4.69, 9.17) is 4.74 Å². The third kappa shape index (κ3) is 4.81. The predicted octanol–water partition coefficient (Wildman–Crippen LogP) is 3.56. The lowest BCUT2D eigenvalue weighted by Crippen LogP contribution is -2.40. The summed E-state index contributed by atoms with van der Waals surface area (Å²) in [7, 11) is 0. The van der Waals surface area contributed by atoms with Crippen LogP contribution in [-0.2, 0) is 11.2 Å². The largest absolute Gasteiger partial charge is 0.493 e. The first-order valence-electron chi connectivity index (χ1n) is 8.98. The minimum Gasteiger partial charge on any atom is -0.493 e. The Morgan fingerprint density at radius 3 is 2.76 bits per heavy atom. The van der Waals surface area contributed by atoms with E-state index in [1.165, 1.54) is 5.56 Å². The van der Waals surface area contributed by atoms with E-state index in [9.17, 15) is 4.79 Å². The number of amides is 1. The minimum absolute atomic E-state index is 0.231. The zero-order valence-corrected chi connectivity index (χ0v) is 15.1. The normalized spacial score (nSPS) is 15.2. The number of aryl methyl sites for hydroxylation is 2. The summed E-state index contributed by atoms with van der Waals surface area (Å²) in [5.74, 6) is 1.65. The molecule has 25 heavy (non-hydrogen) atoms. The van der Waals surface area contributed by atoms with Gasteiger partial charge < -0.3 is 9.64 Å². The van der Waals surface area contributed by atoms with E-state index in [1.807, 2.05) is 36.2 Å². The van der Waals surface area contributed by atoms with E-state index in [-0.39, 0.29) is 5.91 Å². The van der Waals surface area contributed by atoms with Crippen LogP contribution in [0.3, 0.4) is 0 Å². The van der Waals surface area contributed by atoms with Crippen LogP contribution in [0.2, 0.25) is 0 Å². The highest BCUT2D eigenvalue weighted by Gasteiger charge is 2.23. The molecule has 1 saturated heterocycles. The number of pyridine rings is 1. The highest BCUT2D eigenvalue weighted by atomic mass is 16.5. The topological polar surface area (TPSA) is 42.4 Å². The number of rotatable bonds is 5. The first-order chi connectivity index (χ1) is 12.1. The molecule has 4 heteroatoms. The molecule has 0 N–H and O–H groups in total. The van der Waals surface area contributed by atoms with E-state index in [0.29, 0.717) is 18.9 Å². The van der Waals surface area contributed by atoms with Crippen molar-refractivity contribution in [3.8, 4) is 5.75 Å². The van der Waals surface area contributed by atoms with Crippen LogP contribution in [0.25, 0.3) is 0 Å². The second kappa shape index (κ2) is 8.15. The average molecular weight is 338 g/mol. The number of carbonyl (C=O) groups excluding carboxylic acids is 1. The van der Waals surface area contributed by atoms with E-state index in [1.54, 1.807) is 6.20 Å². The predicted molar refractivity (Wildman–Crippen MR) is 98.7 cm³/mol. The van der Waals surface area contributed by atoms with Gasteiger partial charge >= 0.3 is 0 Å². The van der Waals surface area contributed by atoms with Crippen LogP contribution < -0.4 is 4.74 Å². The fraction of sp³-hybridized carbons (Fsp3) is 0.429. The lowest BCUT2D eigenvalue weighted by Gasteiger charge is -2.32. The summed E-state index contributed by atoms with van der Waals surface area (Å²) < 4.78 is 5.94. The molecule has 0 radical (unpaired) electrons. The molecule has 1 aliphatic heterocycles. The van der Waals surface area contributed by atoms with Crippen molar-refractivity contribution in [2.24, 2.45) is 5.92 Å². The Hall–Kier alpha value is -2.36. The molecular weight excluding hydrogens is 312 g/mol. The summed E-state index contributed by atoms with van der Waals surface area (Å²) in [5.41, 5.74) is 3.37.